The second kappa shape index (κ2) is 5.58. The summed E-state index contributed by atoms with van der Waals surface area (Å²) in [6.45, 7) is 3.56. The summed E-state index contributed by atoms with van der Waals surface area (Å²) >= 11 is 0. The normalized spacial score (nSPS) is 27.6. The lowest BCUT2D eigenvalue weighted by molar-refractivity contribution is 0.00600. The smallest absolute Gasteiger partial charge is 0.297 e. The Morgan fingerprint density at radius 2 is 2.00 bits per heavy atom. The average molecular weight is 286 g/mol. The van der Waals surface area contributed by atoms with E-state index in [-0.39, 0.29) is 23.7 Å². The number of hydrogen-bond donors (Lipinski definition) is 1. The summed E-state index contributed by atoms with van der Waals surface area (Å²) in [4.78, 5) is 0.129. The average Bonchev–Trinajstić information content (AvgIpc) is 2.67. The van der Waals surface area contributed by atoms with Crippen LogP contribution in [0.3, 0.4) is 0 Å². The van der Waals surface area contributed by atoms with Crippen LogP contribution in [0.25, 0.3) is 0 Å². The fourth-order valence-corrected chi connectivity index (χ4v) is 2.89. The lowest BCUT2D eigenvalue weighted by atomic mass is 10.2. The van der Waals surface area contributed by atoms with Crippen molar-refractivity contribution in [3.05, 3.63) is 29.8 Å². The highest BCUT2D eigenvalue weighted by Gasteiger charge is 2.32. The third-order valence-corrected chi connectivity index (χ3v) is 4.47. The van der Waals surface area contributed by atoms with Crippen LogP contribution < -0.4 is 0 Å². The number of ether oxygens (including phenoxy) is 1. The minimum Gasteiger partial charge on any atom is -0.390 e. The summed E-state index contributed by atoms with van der Waals surface area (Å²) in [6, 6.07) is 6.46. The largest absolute Gasteiger partial charge is 0.390 e. The van der Waals surface area contributed by atoms with Gasteiger partial charge in [-0.1, -0.05) is 17.7 Å². The molecule has 3 atom stereocenters. The lowest BCUT2D eigenvalue weighted by Crippen LogP contribution is -2.19. The number of benzene rings is 1. The second-order valence-electron chi connectivity index (χ2n) is 4.82. The molecule has 0 radical (unpaired) electrons. The number of aliphatic hydroxyl groups excluding tert-OH is 1. The van der Waals surface area contributed by atoms with Gasteiger partial charge in [0, 0.05) is 6.42 Å². The summed E-state index contributed by atoms with van der Waals surface area (Å²) in [5, 5.41) is 9.52. The van der Waals surface area contributed by atoms with E-state index in [9.17, 15) is 13.5 Å². The van der Waals surface area contributed by atoms with Gasteiger partial charge in [-0.2, -0.15) is 8.42 Å². The molecule has 1 saturated heterocycles. The third kappa shape index (κ3) is 3.54. The summed E-state index contributed by atoms with van der Waals surface area (Å²) < 4.78 is 34.2. The van der Waals surface area contributed by atoms with Gasteiger partial charge in [-0.3, -0.25) is 4.18 Å². The quantitative estimate of drug-likeness (QED) is 0.843. The molecule has 0 unspecified atom stereocenters. The maximum Gasteiger partial charge on any atom is 0.297 e. The molecule has 0 spiro atoms. The van der Waals surface area contributed by atoms with Crippen LogP contribution in [-0.2, 0) is 19.0 Å². The van der Waals surface area contributed by atoms with Gasteiger partial charge in [0.2, 0.25) is 0 Å². The van der Waals surface area contributed by atoms with Gasteiger partial charge in [-0.15, -0.1) is 0 Å². The molecule has 0 aromatic heterocycles. The molecule has 2 rings (SSSR count). The van der Waals surface area contributed by atoms with Crippen LogP contribution in [0.1, 0.15) is 18.9 Å². The van der Waals surface area contributed by atoms with E-state index < -0.39 is 16.2 Å². The van der Waals surface area contributed by atoms with E-state index in [4.69, 9.17) is 8.92 Å². The van der Waals surface area contributed by atoms with E-state index in [0.29, 0.717) is 6.42 Å². The minimum atomic E-state index is -3.76. The van der Waals surface area contributed by atoms with Crippen LogP contribution in [0, 0.1) is 6.92 Å². The highest BCUT2D eigenvalue weighted by atomic mass is 32.2. The van der Waals surface area contributed by atoms with Crippen LogP contribution in [0.15, 0.2) is 29.2 Å². The molecule has 1 heterocycles. The molecule has 1 N–H and O–H groups in total. The number of rotatable bonds is 4. The standard InChI is InChI=1S/C13H18O5S/c1-9-3-5-12(6-4-9)19(15,16)17-8-11-7-13(14)10(2)18-11/h3-6,10-11,13-14H,7-8H2,1-2H3/t10-,11-,13+/m0/s1. The molecule has 19 heavy (non-hydrogen) atoms. The highest BCUT2D eigenvalue weighted by Crippen LogP contribution is 2.22. The predicted molar refractivity (Wildman–Crippen MR) is 69.3 cm³/mol. The molecule has 5 nitrogen and oxygen atoms in total. The Morgan fingerprint density at radius 3 is 2.53 bits per heavy atom. The fourth-order valence-electron chi connectivity index (χ4n) is 1.96. The topological polar surface area (TPSA) is 72.8 Å². The van der Waals surface area contributed by atoms with Gasteiger partial charge in [-0.05, 0) is 26.0 Å². The Balaban J connectivity index is 1.97. The number of aliphatic hydroxyl groups is 1. The molecule has 1 aromatic rings. The zero-order chi connectivity index (χ0) is 14.0. The second-order valence-corrected chi connectivity index (χ2v) is 6.43. The summed E-state index contributed by atoms with van der Waals surface area (Å²) in [5.74, 6) is 0. The van der Waals surface area contributed by atoms with Crippen molar-refractivity contribution < 1.29 is 22.4 Å². The van der Waals surface area contributed by atoms with Gasteiger partial charge in [-0.25, -0.2) is 0 Å². The van der Waals surface area contributed by atoms with E-state index in [2.05, 4.69) is 0 Å². The summed E-state index contributed by atoms with van der Waals surface area (Å²) in [7, 11) is -3.76. The van der Waals surface area contributed by atoms with Gasteiger partial charge in [0.05, 0.1) is 29.8 Å². The van der Waals surface area contributed by atoms with Gasteiger partial charge < -0.3 is 9.84 Å². The molecular weight excluding hydrogens is 268 g/mol. The van der Waals surface area contributed by atoms with Crippen LogP contribution in [0.5, 0.6) is 0 Å². The van der Waals surface area contributed by atoms with Gasteiger partial charge in [0.1, 0.15) is 0 Å². The first kappa shape index (κ1) is 14.5. The van der Waals surface area contributed by atoms with E-state index in [1.165, 1.54) is 12.1 Å². The van der Waals surface area contributed by atoms with Crippen molar-refractivity contribution in [1.29, 1.82) is 0 Å². The van der Waals surface area contributed by atoms with Crippen LogP contribution in [0.2, 0.25) is 0 Å². The molecule has 1 fully saturated rings. The molecule has 1 aliphatic heterocycles. The zero-order valence-corrected chi connectivity index (χ0v) is 11.8. The summed E-state index contributed by atoms with van der Waals surface area (Å²) in [6.07, 6.45) is -0.832. The van der Waals surface area contributed by atoms with Crippen LogP contribution in [-0.4, -0.2) is 38.4 Å². The Hall–Kier alpha value is -0.950. The maximum absolute atomic E-state index is 11.9. The monoisotopic (exact) mass is 286 g/mol. The van der Waals surface area contributed by atoms with Crippen molar-refractivity contribution in [2.24, 2.45) is 0 Å². The Kier molecular flexibility index (Phi) is 4.25. The maximum atomic E-state index is 11.9. The minimum absolute atomic E-state index is 0.0718. The first-order valence-corrected chi connectivity index (χ1v) is 7.59. The van der Waals surface area contributed by atoms with Crippen molar-refractivity contribution in [2.75, 3.05) is 6.61 Å². The van der Waals surface area contributed by atoms with Crippen LogP contribution >= 0.6 is 0 Å². The van der Waals surface area contributed by atoms with Crippen molar-refractivity contribution in [1.82, 2.24) is 0 Å². The molecule has 0 saturated carbocycles. The number of hydrogen-bond acceptors (Lipinski definition) is 5. The Morgan fingerprint density at radius 1 is 1.37 bits per heavy atom. The third-order valence-electron chi connectivity index (χ3n) is 3.17. The fraction of sp³-hybridized carbons (Fsp3) is 0.538. The van der Waals surface area contributed by atoms with Crippen molar-refractivity contribution in [3.8, 4) is 0 Å². The molecular formula is C13H18O5S. The van der Waals surface area contributed by atoms with Crippen molar-refractivity contribution >= 4 is 10.1 Å². The van der Waals surface area contributed by atoms with E-state index in [1.807, 2.05) is 6.92 Å². The predicted octanol–water partition coefficient (Wildman–Crippen LogP) is 1.24. The van der Waals surface area contributed by atoms with Crippen molar-refractivity contribution in [2.45, 2.75) is 43.5 Å². The molecule has 1 aromatic carbocycles. The first-order valence-electron chi connectivity index (χ1n) is 6.18. The lowest BCUT2D eigenvalue weighted by Gasteiger charge is -2.11. The molecule has 0 bridgehead atoms. The molecule has 0 amide bonds. The molecule has 106 valence electrons. The highest BCUT2D eigenvalue weighted by molar-refractivity contribution is 7.86. The van der Waals surface area contributed by atoms with Gasteiger partial charge in [0.25, 0.3) is 10.1 Å². The van der Waals surface area contributed by atoms with E-state index >= 15 is 0 Å². The van der Waals surface area contributed by atoms with E-state index in [1.54, 1.807) is 19.1 Å². The van der Waals surface area contributed by atoms with Crippen molar-refractivity contribution in [3.63, 3.8) is 0 Å². The Labute approximate surface area is 113 Å². The van der Waals surface area contributed by atoms with Crippen LogP contribution in [0.4, 0.5) is 0 Å². The Bertz CT molecular complexity index is 512. The summed E-state index contributed by atoms with van der Waals surface area (Å²) in [5.41, 5.74) is 0.982. The first-order chi connectivity index (χ1) is 8.88. The molecule has 1 aliphatic rings. The SMILES string of the molecule is Cc1ccc(S(=O)(=O)OC[C@@H]2C[C@@H](O)[C@H](C)O2)cc1. The van der Waals surface area contributed by atoms with Gasteiger partial charge in [0.15, 0.2) is 0 Å². The molecule has 6 heteroatoms. The van der Waals surface area contributed by atoms with Gasteiger partial charge >= 0.3 is 0 Å². The zero-order valence-electron chi connectivity index (χ0n) is 10.9. The number of aryl methyl sites for hydroxylation is 1. The van der Waals surface area contributed by atoms with E-state index in [0.717, 1.165) is 5.56 Å². The molecule has 0 aliphatic carbocycles.